The third-order valence-electron chi connectivity index (χ3n) is 4.35. The van der Waals surface area contributed by atoms with Crippen LogP contribution in [0.3, 0.4) is 0 Å². The number of aliphatic carboxylic acids is 1. The minimum atomic E-state index is -0.852. The van der Waals surface area contributed by atoms with E-state index in [0.717, 1.165) is 17.7 Å². The van der Waals surface area contributed by atoms with E-state index in [0.29, 0.717) is 19.3 Å². The smallest absolute Gasteiger partial charge is 0.310 e. The Hall–Kier alpha value is -2.04. The molecule has 2 rings (SSSR count). The van der Waals surface area contributed by atoms with Crippen LogP contribution in [0.2, 0.25) is 0 Å². The lowest BCUT2D eigenvalue weighted by molar-refractivity contribution is -0.157. The van der Waals surface area contributed by atoms with E-state index in [-0.39, 0.29) is 18.4 Å². The molecule has 1 unspecified atom stereocenters. The summed E-state index contributed by atoms with van der Waals surface area (Å²) in [7, 11) is 1.62. The highest BCUT2D eigenvalue weighted by atomic mass is 16.5. The molecule has 120 valence electrons. The molecular weight excluding hydrogens is 282 g/mol. The molecule has 0 radical (unpaired) electrons. The number of carbonyl (C=O) groups excluding carboxylic acids is 1. The summed E-state index contributed by atoms with van der Waals surface area (Å²) in [5.74, 6) is -0.248. The molecule has 22 heavy (non-hydrogen) atoms. The molecule has 2 N–H and O–H groups in total. The first-order chi connectivity index (χ1) is 10.4. The number of hydrogen-bond acceptors (Lipinski definition) is 3. The fraction of sp³-hybridized carbons (Fsp3) is 0.529. The minimum Gasteiger partial charge on any atom is -0.497 e. The number of ether oxygens (including phenoxy) is 1. The first kappa shape index (κ1) is 16.3. The highest BCUT2D eigenvalue weighted by Crippen LogP contribution is 2.44. The first-order valence-electron chi connectivity index (χ1n) is 7.61. The molecule has 0 heterocycles. The van der Waals surface area contributed by atoms with Crippen LogP contribution in [0.1, 0.15) is 38.2 Å². The number of carboxylic acid groups (broad SMARTS) is 1. The maximum absolute atomic E-state index is 12.1. The van der Waals surface area contributed by atoms with Gasteiger partial charge in [-0.1, -0.05) is 18.6 Å². The molecule has 0 aliphatic heterocycles. The van der Waals surface area contributed by atoms with E-state index in [1.807, 2.05) is 31.2 Å². The predicted molar refractivity (Wildman–Crippen MR) is 82.8 cm³/mol. The van der Waals surface area contributed by atoms with Gasteiger partial charge in [0, 0.05) is 12.5 Å². The molecule has 1 amide bonds. The second-order valence-electron chi connectivity index (χ2n) is 6.14. The van der Waals surface area contributed by atoms with E-state index in [1.54, 1.807) is 7.11 Å². The molecule has 5 nitrogen and oxygen atoms in total. The van der Waals surface area contributed by atoms with E-state index >= 15 is 0 Å². The quantitative estimate of drug-likeness (QED) is 0.811. The average molecular weight is 305 g/mol. The van der Waals surface area contributed by atoms with Crippen LogP contribution in [-0.2, 0) is 16.0 Å². The van der Waals surface area contributed by atoms with Gasteiger partial charge in [-0.25, -0.2) is 0 Å². The van der Waals surface area contributed by atoms with Gasteiger partial charge in [-0.15, -0.1) is 0 Å². The largest absolute Gasteiger partial charge is 0.497 e. The number of benzene rings is 1. The lowest BCUT2D eigenvalue weighted by atomic mass is 9.66. The van der Waals surface area contributed by atoms with Gasteiger partial charge in [-0.05, 0) is 43.9 Å². The van der Waals surface area contributed by atoms with Crippen LogP contribution in [0.4, 0.5) is 0 Å². The topological polar surface area (TPSA) is 75.6 Å². The van der Waals surface area contributed by atoms with Gasteiger partial charge in [0.25, 0.3) is 0 Å². The first-order valence-corrected chi connectivity index (χ1v) is 7.61. The van der Waals surface area contributed by atoms with Gasteiger partial charge in [-0.3, -0.25) is 9.59 Å². The zero-order valence-corrected chi connectivity index (χ0v) is 13.1. The Morgan fingerprint density at radius 3 is 2.68 bits per heavy atom. The molecule has 5 heteroatoms. The van der Waals surface area contributed by atoms with Crippen LogP contribution in [0.5, 0.6) is 5.75 Å². The van der Waals surface area contributed by atoms with Crippen molar-refractivity contribution in [3.05, 3.63) is 29.8 Å². The van der Waals surface area contributed by atoms with Crippen molar-refractivity contribution in [3.8, 4) is 5.75 Å². The molecule has 1 atom stereocenters. The number of carboxylic acids is 1. The summed E-state index contributed by atoms with van der Waals surface area (Å²) in [4.78, 5) is 23.4. The van der Waals surface area contributed by atoms with Crippen molar-refractivity contribution >= 4 is 11.9 Å². The minimum absolute atomic E-state index is 0.0504. The standard InChI is InChI=1S/C17H23NO4/c1-12(9-13-5-3-6-14(10-13)22-2)18-15(19)11-17(16(20)21)7-4-8-17/h3,5-6,10,12H,4,7-9,11H2,1-2H3,(H,18,19)(H,20,21). The molecule has 1 aromatic carbocycles. The fourth-order valence-corrected chi connectivity index (χ4v) is 2.91. The monoisotopic (exact) mass is 305 g/mol. The highest BCUT2D eigenvalue weighted by Gasteiger charge is 2.45. The van der Waals surface area contributed by atoms with E-state index in [4.69, 9.17) is 4.74 Å². The van der Waals surface area contributed by atoms with E-state index in [9.17, 15) is 14.7 Å². The number of carbonyl (C=O) groups is 2. The van der Waals surface area contributed by atoms with Crippen LogP contribution in [0, 0.1) is 5.41 Å². The van der Waals surface area contributed by atoms with Crippen molar-refractivity contribution in [2.24, 2.45) is 5.41 Å². The number of nitrogens with one attached hydrogen (secondary N) is 1. The molecular formula is C17H23NO4. The predicted octanol–water partition coefficient (Wildman–Crippen LogP) is 2.39. The number of hydrogen-bond donors (Lipinski definition) is 2. The fourth-order valence-electron chi connectivity index (χ4n) is 2.91. The maximum Gasteiger partial charge on any atom is 0.310 e. The van der Waals surface area contributed by atoms with Gasteiger partial charge in [0.05, 0.1) is 12.5 Å². The van der Waals surface area contributed by atoms with Crippen molar-refractivity contribution in [2.75, 3.05) is 7.11 Å². The molecule has 0 spiro atoms. The Morgan fingerprint density at radius 2 is 2.14 bits per heavy atom. The van der Waals surface area contributed by atoms with Gasteiger partial charge < -0.3 is 15.2 Å². The lowest BCUT2D eigenvalue weighted by Gasteiger charge is -2.37. The van der Waals surface area contributed by atoms with Gasteiger partial charge >= 0.3 is 5.97 Å². The summed E-state index contributed by atoms with van der Waals surface area (Å²) in [6.07, 6.45) is 2.84. The highest BCUT2D eigenvalue weighted by molar-refractivity contribution is 5.85. The zero-order valence-electron chi connectivity index (χ0n) is 13.1. The van der Waals surface area contributed by atoms with Crippen molar-refractivity contribution in [2.45, 2.75) is 45.1 Å². The van der Waals surface area contributed by atoms with Gasteiger partial charge in [-0.2, -0.15) is 0 Å². The molecule has 1 fully saturated rings. The van der Waals surface area contributed by atoms with E-state index < -0.39 is 11.4 Å². The molecule has 1 saturated carbocycles. The van der Waals surface area contributed by atoms with Gasteiger partial charge in [0.15, 0.2) is 0 Å². The summed E-state index contributed by atoms with van der Waals surface area (Å²) >= 11 is 0. The Labute approximate surface area is 130 Å². The Balaban J connectivity index is 1.87. The molecule has 0 bridgehead atoms. The molecule has 1 aromatic rings. The van der Waals surface area contributed by atoms with Gasteiger partial charge in [0.2, 0.25) is 5.91 Å². The molecule has 1 aliphatic carbocycles. The summed E-state index contributed by atoms with van der Waals surface area (Å²) in [6.45, 7) is 1.92. The summed E-state index contributed by atoms with van der Waals surface area (Å²) < 4.78 is 5.18. The summed E-state index contributed by atoms with van der Waals surface area (Å²) in [5, 5.41) is 12.2. The van der Waals surface area contributed by atoms with Crippen molar-refractivity contribution in [3.63, 3.8) is 0 Å². The molecule has 0 saturated heterocycles. The van der Waals surface area contributed by atoms with Crippen LogP contribution in [-0.4, -0.2) is 30.1 Å². The Morgan fingerprint density at radius 1 is 1.41 bits per heavy atom. The second kappa shape index (κ2) is 6.81. The van der Waals surface area contributed by atoms with Gasteiger partial charge in [0.1, 0.15) is 5.75 Å². The van der Waals surface area contributed by atoms with Crippen molar-refractivity contribution in [1.82, 2.24) is 5.32 Å². The van der Waals surface area contributed by atoms with E-state index in [2.05, 4.69) is 5.32 Å². The summed E-state index contributed by atoms with van der Waals surface area (Å²) in [6, 6.07) is 7.66. The zero-order chi connectivity index (χ0) is 16.2. The van der Waals surface area contributed by atoms with Crippen LogP contribution < -0.4 is 10.1 Å². The number of rotatable bonds is 7. The molecule has 0 aromatic heterocycles. The maximum atomic E-state index is 12.1. The van der Waals surface area contributed by atoms with Crippen LogP contribution >= 0.6 is 0 Å². The lowest BCUT2D eigenvalue weighted by Crippen LogP contribution is -2.44. The van der Waals surface area contributed by atoms with Crippen LogP contribution in [0.15, 0.2) is 24.3 Å². The van der Waals surface area contributed by atoms with Crippen LogP contribution in [0.25, 0.3) is 0 Å². The number of amides is 1. The van der Waals surface area contributed by atoms with Crippen molar-refractivity contribution < 1.29 is 19.4 Å². The third-order valence-corrected chi connectivity index (χ3v) is 4.35. The van der Waals surface area contributed by atoms with E-state index in [1.165, 1.54) is 0 Å². The van der Waals surface area contributed by atoms with Crippen molar-refractivity contribution in [1.29, 1.82) is 0 Å². The normalized spacial score (nSPS) is 17.2. The number of methoxy groups -OCH3 is 1. The SMILES string of the molecule is COc1cccc(CC(C)NC(=O)CC2(C(=O)O)CCC2)c1. The Bertz CT molecular complexity index is 551. The average Bonchev–Trinajstić information content (AvgIpc) is 2.42. The summed E-state index contributed by atoms with van der Waals surface area (Å²) in [5.41, 5.74) is 0.239. The second-order valence-corrected chi connectivity index (χ2v) is 6.14. The Kier molecular flexibility index (Phi) is 5.06. The molecule has 1 aliphatic rings. The third kappa shape index (κ3) is 3.78.